The van der Waals surface area contributed by atoms with E-state index in [1.54, 1.807) is 16.7 Å². The van der Waals surface area contributed by atoms with Crippen molar-refractivity contribution in [2.45, 2.75) is 45.3 Å². The van der Waals surface area contributed by atoms with Crippen LogP contribution in [0.5, 0.6) is 0 Å². The molecule has 2 aromatic heterocycles. The van der Waals surface area contributed by atoms with Gasteiger partial charge in [-0.3, -0.25) is 14.0 Å². The van der Waals surface area contributed by atoms with E-state index in [9.17, 15) is 9.59 Å². The molecule has 8 heteroatoms. The number of carbonyl (C=O) groups excluding carboxylic acids is 2. The minimum Gasteiger partial charge on any atom is -0.344 e. The molecular formula is C24H29N5O2S. The Labute approximate surface area is 192 Å². The number of aromatic nitrogens is 3. The number of hydrogen-bond donors (Lipinski definition) is 1. The molecule has 7 nitrogen and oxygen atoms in total. The van der Waals surface area contributed by atoms with Gasteiger partial charge in [0.05, 0.1) is 6.04 Å². The number of nitrogens with zero attached hydrogens (tertiary/aromatic N) is 4. The van der Waals surface area contributed by atoms with Gasteiger partial charge in [-0.25, -0.2) is 0 Å². The lowest BCUT2D eigenvalue weighted by molar-refractivity contribution is -0.127. The maximum atomic E-state index is 13.6. The summed E-state index contributed by atoms with van der Waals surface area (Å²) in [4.78, 5) is 28.4. The zero-order chi connectivity index (χ0) is 22.7. The van der Waals surface area contributed by atoms with Crippen molar-refractivity contribution in [2.24, 2.45) is 5.92 Å². The molecule has 0 saturated heterocycles. The monoisotopic (exact) mass is 451 g/mol. The first kappa shape index (κ1) is 22.3. The van der Waals surface area contributed by atoms with Crippen LogP contribution in [0.2, 0.25) is 0 Å². The third-order valence-corrected chi connectivity index (χ3v) is 6.45. The van der Waals surface area contributed by atoms with E-state index in [2.05, 4.69) is 29.4 Å². The zero-order valence-corrected chi connectivity index (χ0v) is 19.5. The standard InChI is InChI=1S/C24H29N5O2S/c1-16(2)14-20(29-15-17-8-4-5-9-18(17)24(29)31)23(30)25-19(11-13-32-3)22-27-26-21-10-6-7-12-28(21)22/h4-10,12,16,19-20H,11,13-15H2,1-3H3,(H,25,30)/t19-,20-/m1/s1. The third kappa shape index (κ3) is 4.50. The summed E-state index contributed by atoms with van der Waals surface area (Å²) in [5.41, 5.74) is 2.41. The Morgan fingerprint density at radius 1 is 1.16 bits per heavy atom. The first-order valence-electron chi connectivity index (χ1n) is 11.0. The smallest absolute Gasteiger partial charge is 0.255 e. The normalized spacial score (nSPS) is 15.2. The lowest BCUT2D eigenvalue weighted by Crippen LogP contribution is -2.49. The average Bonchev–Trinajstić information content (AvgIpc) is 3.36. The molecule has 2 amide bonds. The van der Waals surface area contributed by atoms with Crippen LogP contribution in [0.15, 0.2) is 48.7 Å². The summed E-state index contributed by atoms with van der Waals surface area (Å²) in [6, 6.07) is 12.5. The van der Waals surface area contributed by atoms with Crippen LogP contribution in [-0.4, -0.2) is 49.4 Å². The van der Waals surface area contributed by atoms with Crippen LogP contribution in [0, 0.1) is 5.92 Å². The van der Waals surface area contributed by atoms with Crippen molar-refractivity contribution in [3.8, 4) is 0 Å². The van der Waals surface area contributed by atoms with Crippen molar-refractivity contribution in [3.63, 3.8) is 0 Å². The molecule has 0 unspecified atom stereocenters. The molecule has 0 aliphatic carbocycles. The molecule has 168 valence electrons. The van der Waals surface area contributed by atoms with E-state index in [1.807, 2.05) is 59.3 Å². The molecular weight excluding hydrogens is 422 g/mol. The highest BCUT2D eigenvalue weighted by Gasteiger charge is 2.37. The molecule has 3 aromatic rings. The summed E-state index contributed by atoms with van der Waals surface area (Å²) in [7, 11) is 0. The van der Waals surface area contributed by atoms with Gasteiger partial charge in [0.15, 0.2) is 11.5 Å². The second-order valence-electron chi connectivity index (χ2n) is 8.57. The molecule has 0 fully saturated rings. The topological polar surface area (TPSA) is 79.6 Å². The molecule has 1 aromatic carbocycles. The van der Waals surface area contributed by atoms with E-state index in [0.29, 0.717) is 24.4 Å². The number of carbonyl (C=O) groups is 2. The van der Waals surface area contributed by atoms with Crippen LogP contribution < -0.4 is 5.32 Å². The first-order chi connectivity index (χ1) is 15.5. The maximum absolute atomic E-state index is 13.6. The van der Waals surface area contributed by atoms with Crippen LogP contribution in [-0.2, 0) is 11.3 Å². The summed E-state index contributed by atoms with van der Waals surface area (Å²) in [5.74, 6) is 1.63. The number of nitrogens with one attached hydrogen (secondary N) is 1. The average molecular weight is 452 g/mol. The number of thioether (sulfide) groups is 1. The van der Waals surface area contributed by atoms with Crippen LogP contribution >= 0.6 is 11.8 Å². The van der Waals surface area contributed by atoms with Gasteiger partial charge in [0, 0.05) is 18.3 Å². The number of pyridine rings is 1. The highest BCUT2D eigenvalue weighted by atomic mass is 32.2. The largest absolute Gasteiger partial charge is 0.344 e. The van der Waals surface area contributed by atoms with Gasteiger partial charge in [-0.2, -0.15) is 11.8 Å². The quantitative estimate of drug-likeness (QED) is 0.537. The van der Waals surface area contributed by atoms with Crippen LogP contribution in [0.3, 0.4) is 0 Å². The second-order valence-corrected chi connectivity index (χ2v) is 9.55. The lowest BCUT2D eigenvalue weighted by atomic mass is 10.0. The minimum atomic E-state index is -0.536. The van der Waals surface area contributed by atoms with Crippen LogP contribution in [0.1, 0.15) is 54.5 Å². The summed E-state index contributed by atoms with van der Waals surface area (Å²) >= 11 is 1.72. The molecule has 0 radical (unpaired) electrons. The fourth-order valence-electron chi connectivity index (χ4n) is 4.22. The number of amides is 2. The fourth-order valence-corrected chi connectivity index (χ4v) is 4.69. The van der Waals surface area contributed by atoms with Gasteiger partial charge in [0.25, 0.3) is 5.91 Å². The molecule has 0 spiro atoms. The van der Waals surface area contributed by atoms with Gasteiger partial charge in [-0.1, -0.05) is 38.1 Å². The summed E-state index contributed by atoms with van der Waals surface area (Å²) in [5, 5.41) is 11.8. The van der Waals surface area contributed by atoms with E-state index in [0.717, 1.165) is 23.4 Å². The Hall–Kier alpha value is -2.87. The Balaban J connectivity index is 1.60. The van der Waals surface area contributed by atoms with Gasteiger partial charge in [-0.05, 0) is 54.5 Å². The number of benzene rings is 1. The van der Waals surface area contributed by atoms with Crippen molar-refractivity contribution in [3.05, 3.63) is 65.6 Å². The molecule has 0 saturated carbocycles. The maximum Gasteiger partial charge on any atom is 0.255 e. The highest BCUT2D eigenvalue weighted by Crippen LogP contribution is 2.28. The van der Waals surface area contributed by atoms with E-state index >= 15 is 0 Å². The molecule has 4 rings (SSSR count). The molecule has 0 bridgehead atoms. The van der Waals surface area contributed by atoms with Crippen molar-refractivity contribution in [1.29, 1.82) is 0 Å². The van der Waals surface area contributed by atoms with Gasteiger partial charge in [0.1, 0.15) is 6.04 Å². The predicted molar refractivity (Wildman–Crippen MR) is 126 cm³/mol. The lowest BCUT2D eigenvalue weighted by Gasteiger charge is -2.30. The van der Waals surface area contributed by atoms with E-state index < -0.39 is 6.04 Å². The molecule has 2 atom stereocenters. The molecule has 32 heavy (non-hydrogen) atoms. The SMILES string of the molecule is CSCC[C@@H](NC(=O)[C@@H](CC(C)C)N1Cc2ccccc2C1=O)c1nnc2ccccn12. The summed E-state index contributed by atoms with van der Waals surface area (Å²) in [6.45, 7) is 4.61. The van der Waals surface area contributed by atoms with Crippen molar-refractivity contribution < 1.29 is 9.59 Å². The van der Waals surface area contributed by atoms with E-state index in [-0.39, 0.29) is 23.8 Å². The minimum absolute atomic E-state index is 0.0741. The number of hydrogen-bond acceptors (Lipinski definition) is 5. The Morgan fingerprint density at radius 2 is 1.94 bits per heavy atom. The number of fused-ring (bicyclic) bond motifs is 2. The van der Waals surface area contributed by atoms with Gasteiger partial charge in [0.2, 0.25) is 5.91 Å². The fraction of sp³-hybridized carbons (Fsp3) is 0.417. The Bertz CT molecular complexity index is 1110. The number of rotatable bonds is 9. The predicted octanol–water partition coefficient (Wildman–Crippen LogP) is 3.71. The first-order valence-corrected chi connectivity index (χ1v) is 12.4. The molecule has 1 N–H and O–H groups in total. The van der Waals surface area contributed by atoms with Crippen molar-refractivity contribution >= 4 is 29.2 Å². The third-order valence-electron chi connectivity index (χ3n) is 5.80. The second kappa shape index (κ2) is 9.73. The van der Waals surface area contributed by atoms with Gasteiger partial charge < -0.3 is 10.2 Å². The highest BCUT2D eigenvalue weighted by molar-refractivity contribution is 7.98. The zero-order valence-electron chi connectivity index (χ0n) is 18.7. The van der Waals surface area contributed by atoms with Gasteiger partial charge in [-0.15, -0.1) is 10.2 Å². The van der Waals surface area contributed by atoms with E-state index in [1.165, 1.54) is 0 Å². The van der Waals surface area contributed by atoms with E-state index in [4.69, 9.17) is 0 Å². The van der Waals surface area contributed by atoms with Crippen LogP contribution in [0.25, 0.3) is 5.65 Å². The van der Waals surface area contributed by atoms with Crippen molar-refractivity contribution in [2.75, 3.05) is 12.0 Å². The molecule has 1 aliphatic heterocycles. The van der Waals surface area contributed by atoms with Crippen LogP contribution in [0.4, 0.5) is 0 Å². The molecule has 1 aliphatic rings. The molecule has 3 heterocycles. The Morgan fingerprint density at radius 3 is 2.69 bits per heavy atom. The Kier molecular flexibility index (Phi) is 6.79. The van der Waals surface area contributed by atoms with Gasteiger partial charge >= 0.3 is 0 Å². The summed E-state index contributed by atoms with van der Waals surface area (Å²) < 4.78 is 1.92. The van der Waals surface area contributed by atoms with Crippen molar-refractivity contribution in [1.82, 2.24) is 24.8 Å². The summed E-state index contributed by atoms with van der Waals surface area (Å²) in [6.07, 6.45) is 5.28.